The lowest BCUT2D eigenvalue weighted by Gasteiger charge is -2.41. The van der Waals surface area contributed by atoms with E-state index in [1.54, 1.807) is 0 Å². The molecule has 1 fully saturated rings. The lowest BCUT2D eigenvalue weighted by atomic mass is 9.99. The Labute approximate surface area is 131 Å². The highest BCUT2D eigenvalue weighted by atomic mass is 32.1. The largest absolute Gasteiger partial charge is 0.329 e. The molecule has 0 spiro atoms. The van der Waals surface area contributed by atoms with Crippen LogP contribution in [0.1, 0.15) is 44.7 Å². The first-order valence-electron chi connectivity index (χ1n) is 7.91. The number of fused-ring (bicyclic) bond motifs is 1. The van der Waals surface area contributed by atoms with Crippen LogP contribution < -0.4 is 11.2 Å². The molecule has 0 amide bonds. The lowest BCUT2D eigenvalue weighted by Crippen LogP contribution is -2.54. The summed E-state index contributed by atoms with van der Waals surface area (Å²) in [4.78, 5) is 0. The van der Waals surface area contributed by atoms with Crippen LogP contribution in [0.5, 0.6) is 0 Å². The van der Waals surface area contributed by atoms with Gasteiger partial charge in [0.05, 0.1) is 6.04 Å². The second-order valence-corrected chi connectivity index (χ2v) is 7.05. The molecule has 1 aliphatic heterocycles. The van der Waals surface area contributed by atoms with Gasteiger partial charge in [0.15, 0.2) is 0 Å². The van der Waals surface area contributed by atoms with Gasteiger partial charge in [-0.2, -0.15) is 0 Å². The summed E-state index contributed by atoms with van der Waals surface area (Å²) >= 11 is 1.81. The SMILES string of the molecule is CC1CCCC(C)N1NC(CN)c1csc2ccccc12. The molecule has 1 saturated heterocycles. The third kappa shape index (κ3) is 2.99. The predicted octanol–water partition coefficient (Wildman–Crippen LogP) is 3.67. The van der Waals surface area contributed by atoms with Gasteiger partial charge in [-0.1, -0.05) is 24.6 Å². The minimum absolute atomic E-state index is 0.198. The number of piperidine rings is 1. The summed E-state index contributed by atoms with van der Waals surface area (Å²) in [7, 11) is 0. The highest BCUT2D eigenvalue weighted by molar-refractivity contribution is 7.17. The maximum atomic E-state index is 6.08. The topological polar surface area (TPSA) is 41.3 Å². The fraction of sp³-hybridized carbons (Fsp3) is 0.529. The second kappa shape index (κ2) is 6.44. The summed E-state index contributed by atoms with van der Waals surface area (Å²) < 4.78 is 1.34. The van der Waals surface area contributed by atoms with E-state index in [9.17, 15) is 0 Å². The molecule has 0 aliphatic carbocycles. The van der Waals surface area contributed by atoms with Gasteiger partial charge in [0.2, 0.25) is 0 Å². The third-order valence-corrected chi connectivity index (χ3v) is 5.60. The van der Waals surface area contributed by atoms with Crippen molar-refractivity contribution in [2.24, 2.45) is 5.73 Å². The lowest BCUT2D eigenvalue weighted by molar-refractivity contribution is 0.0307. The van der Waals surface area contributed by atoms with Gasteiger partial charge in [-0.25, -0.2) is 10.4 Å². The van der Waals surface area contributed by atoms with Gasteiger partial charge in [0.25, 0.3) is 0 Å². The number of benzene rings is 1. The minimum Gasteiger partial charge on any atom is -0.329 e. The predicted molar refractivity (Wildman–Crippen MR) is 91.4 cm³/mol. The van der Waals surface area contributed by atoms with E-state index in [1.165, 1.54) is 34.9 Å². The molecule has 1 aromatic heterocycles. The van der Waals surface area contributed by atoms with Crippen molar-refractivity contribution < 1.29 is 0 Å². The van der Waals surface area contributed by atoms with Crippen molar-refractivity contribution in [1.29, 1.82) is 0 Å². The molecule has 0 saturated carbocycles. The Bertz CT molecular complexity index is 584. The van der Waals surface area contributed by atoms with Crippen molar-refractivity contribution in [2.75, 3.05) is 6.54 Å². The monoisotopic (exact) mass is 303 g/mol. The molecule has 4 heteroatoms. The number of rotatable bonds is 4. The van der Waals surface area contributed by atoms with Crippen molar-refractivity contribution in [1.82, 2.24) is 10.4 Å². The molecule has 2 heterocycles. The highest BCUT2D eigenvalue weighted by Gasteiger charge is 2.27. The Morgan fingerprint density at radius 1 is 1.29 bits per heavy atom. The number of nitrogens with zero attached hydrogens (tertiary/aromatic N) is 1. The standard InChI is InChI=1S/C17H25N3S/c1-12-6-5-7-13(2)20(12)19-16(10-18)15-11-21-17-9-4-3-8-14(15)17/h3-4,8-9,11-13,16,19H,5-7,10,18H2,1-2H3. The van der Waals surface area contributed by atoms with Crippen LogP contribution in [0.4, 0.5) is 0 Å². The number of hydrogen-bond donors (Lipinski definition) is 2. The smallest absolute Gasteiger partial charge is 0.0601 e. The van der Waals surface area contributed by atoms with Crippen LogP contribution in [0.25, 0.3) is 10.1 Å². The number of hydrogen-bond acceptors (Lipinski definition) is 4. The number of nitrogens with one attached hydrogen (secondary N) is 1. The van der Waals surface area contributed by atoms with Crippen molar-refractivity contribution in [3.05, 3.63) is 35.2 Å². The van der Waals surface area contributed by atoms with Gasteiger partial charge in [-0.05, 0) is 49.1 Å². The molecular formula is C17H25N3S. The zero-order valence-electron chi connectivity index (χ0n) is 12.9. The van der Waals surface area contributed by atoms with Gasteiger partial charge in [0, 0.05) is 23.3 Å². The van der Waals surface area contributed by atoms with E-state index in [1.807, 2.05) is 11.3 Å². The average Bonchev–Trinajstić information content (AvgIpc) is 2.91. The summed E-state index contributed by atoms with van der Waals surface area (Å²) in [6.07, 6.45) is 3.85. The molecule has 3 N–H and O–H groups in total. The van der Waals surface area contributed by atoms with Crippen LogP contribution in [0, 0.1) is 0 Å². The van der Waals surface area contributed by atoms with Gasteiger partial charge in [-0.15, -0.1) is 11.3 Å². The molecule has 3 unspecified atom stereocenters. The first kappa shape index (κ1) is 15.0. The molecule has 3 atom stereocenters. The Morgan fingerprint density at radius 3 is 2.71 bits per heavy atom. The van der Waals surface area contributed by atoms with Gasteiger partial charge in [0.1, 0.15) is 0 Å². The molecule has 2 aromatic rings. The summed E-state index contributed by atoms with van der Waals surface area (Å²) in [5, 5.41) is 6.02. The van der Waals surface area contributed by atoms with Crippen LogP contribution in [0.15, 0.2) is 29.6 Å². The average molecular weight is 303 g/mol. The van der Waals surface area contributed by atoms with E-state index in [2.05, 4.69) is 53.9 Å². The van der Waals surface area contributed by atoms with Gasteiger partial charge < -0.3 is 5.73 Å². The van der Waals surface area contributed by atoms with Crippen LogP contribution >= 0.6 is 11.3 Å². The first-order chi connectivity index (χ1) is 10.2. The normalized spacial score (nSPS) is 25.3. The van der Waals surface area contributed by atoms with Crippen molar-refractivity contribution >= 4 is 21.4 Å². The van der Waals surface area contributed by atoms with Crippen LogP contribution in [-0.4, -0.2) is 23.6 Å². The Balaban J connectivity index is 1.84. The third-order valence-electron chi connectivity index (χ3n) is 4.62. The summed E-state index contributed by atoms with van der Waals surface area (Å²) in [5.41, 5.74) is 11.1. The highest BCUT2D eigenvalue weighted by Crippen LogP contribution is 2.31. The van der Waals surface area contributed by atoms with E-state index in [-0.39, 0.29) is 6.04 Å². The van der Waals surface area contributed by atoms with Gasteiger partial charge in [-0.3, -0.25) is 0 Å². The van der Waals surface area contributed by atoms with E-state index >= 15 is 0 Å². The maximum absolute atomic E-state index is 6.08. The van der Waals surface area contributed by atoms with Crippen molar-refractivity contribution in [3.8, 4) is 0 Å². The maximum Gasteiger partial charge on any atom is 0.0601 e. The van der Waals surface area contributed by atoms with E-state index < -0.39 is 0 Å². The molecule has 0 radical (unpaired) electrons. The molecule has 0 bridgehead atoms. The Hall–Kier alpha value is -0.940. The second-order valence-electron chi connectivity index (χ2n) is 6.14. The van der Waals surface area contributed by atoms with E-state index in [0.717, 1.165) is 0 Å². The van der Waals surface area contributed by atoms with Crippen LogP contribution in [0.3, 0.4) is 0 Å². The summed E-state index contributed by atoms with van der Waals surface area (Å²) in [5.74, 6) is 0. The van der Waals surface area contributed by atoms with Crippen molar-refractivity contribution in [3.63, 3.8) is 0 Å². The zero-order chi connectivity index (χ0) is 14.8. The number of nitrogens with two attached hydrogens (primary N) is 1. The Kier molecular flexibility index (Phi) is 4.60. The first-order valence-corrected chi connectivity index (χ1v) is 8.79. The summed E-state index contributed by atoms with van der Waals surface area (Å²) in [6.45, 7) is 5.24. The van der Waals surface area contributed by atoms with Crippen molar-refractivity contribution in [2.45, 2.75) is 51.2 Å². The molecular weight excluding hydrogens is 278 g/mol. The van der Waals surface area contributed by atoms with E-state index in [4.69, 9.17) is 5.73 Å². The Morgan fingerprint density at radius 2 is 2.00 bits per heavy atom. The molecule has 1 aliphatic rings. The molecule has 3 rings (SSSR count). The van der Waals surface area contributed by atoms with E-state index in [0.29, 0.717) is 18.6 Å². The number of hydrazine groups is 1. The zero-order valence-corrected chi connectivity index (χ0v) is 13.7. The van der Waals surface area contributed by atoms with Crippen LogP contribution in [-0.2, 0) is 0 Å². The minimum atomic E-state index is 0.198. The molecule has 3 nitrogen and oxygen atoms in total. The summed E-state index contributed by atoms with van der Waals surface area (Å²) in [6, 6.07) is 9.95. The molecule has 1 aromatic carbocycles. The van der Waals surface area contributed by atoms with Gasteiger partial charge >= 0.3 is 0 Å². The number of thiophene rings is 1. The molecule has 21 heavy (non-hydrogen) atoms. The quantitative estimate of drug-likeness (QED) is 0.905. The fourth-order valence-electron chi connectivity index (χ4n) is 3.37. The molecule has 114 valence electrons. The fourth-order valence-corrected chi connectivity index (χ4v) is 4.39. The van der Waals surface area contributed by atoms with Crippen LogP contribution in [0.2, 0.25) is 0 Å².